The summed E-state index contributed by atoms with van der Waals surface area (Å²) >= 11 is 3.40. The maximum atomic E-state index is 13.0. The van der Waals surface area contributed by atoms with Crippen LogP contribution in [0.3, 0.4) is 0 Å². The predicted octanol–water partition coefficient (Wildman–Crippen LogP) is 6.34. The van der Waals surface area contributed by atoms with E-state index in [4.69, 9.17) is 0 Å². The highest BCUT2D eigenvalue weighted by Crippen LogP contribution is 2.35. The molecule has 3 aromatic rings. The van der Waals surface area contributed by atoms with Crippen molar-refractivity contribution in [1.29, 1.82) is 0 Å². The Labute approximate surface area is 135 Å². The second-order valence-electron chi connectivity index (χ2n) is 5.30. The lowest BCUT2D eigenvalue weighted by Gasteiger charge is -2.14. The zero-order valence-corrected chi connectivity index (χ0v) is 13.3. The summed E-state index contributed by atoms with van der Waals surface area (Å²) < 4.78 is 39.0. The summed E-state index contributed by atoms with van der Waals surface area (Å²) in [5.74, 6) is 0. The van der Waals surface area contributed by atoms with Gasteiger partial charge in [-0.2, -0.15) is 13.2 Å². The van der Waals surface area contributed by atoms with Crippen molar-refractivity contribution in [3.05, 3.63) is 59.7 Å². The third-order valence-electron chi connectivity index (χ3n) is 3.86. The van der Waals surface area contributed by atoms with E-state index in [0.29, 0.717) is 5.39 Å². The average Bonchev–Trinajstić information content (AvgIpc) is 2.50. The normalized spacial score (nSPS) is 12.2. The molecule has 0 fully saturated rings. The Balaban J connectivity index is 2.32. The van der Waals surface area contributed by atoms with Crippen LogP contribution in [0.1, 0.15) is 17.5 Å². The van der Waals surface area contributed by atoms with Gasteiger partial charge >= 0.3 is 6.18 Å². The van der Waals surface area contributed by atoms with Crippen molar-refractivity contribution in [2.45, 2.75) is 19.0 Å². The minimum absolute atomic E-state index is 0.588. The van der Waals surface area contributed by atoms with Gasteiger partial charge in [0.2, 0.25) is 0 Å². The molecule has 0 aromatic heterocycles. The van der Waals surface area contributed by atoms with Crippen molar-refractivity contribution in [2.24, 2.45) is 0 Å². The van der Waals surface area contributed by atoms with E-state index in [-0.39, 0.29) is 0 Å². The number of halogens is 4. The van der Waals surface area contributed by atoms with Crippen LogP contribution in [-0.2, 0) is 12.6 Å². The van der Waals surface area contributed by atoms with Crippen LogP contribution in [0, 0.1) is 0 Å². The number of benzene rings is 3. The van der Waals surface area contributed by atoms with Crippen LogP contribution in [0.15, 0.2) is 48.5 Å². The second-order valence-corrected chi connectivity index (χ2v) is 6.10. The van der Waals surface area contributed by atoms with Gasteiger partial charge in [-0.1, -0.05) is 46.3 Å². The van der Waals surface area contributed by atoms with Crippen molar-refractivity contribution in [2.75, 3.05) is 5.33 Å². The zero-order valence-electron chi connectivity index (χ0n) is 11.8. The molecule has 0 nitrogen and oxygen atoms in total. The molecule has 0 saturated carbocycles. The van der Waals surface area contributed by atoms with E-state index in [2.05, 4.69) is 15.9 Å². The summed E-state index contributed by atoms with van der Waals surface area (Å²) in [6, 6.07) is 13.8. The van der Waals surface area contributed by atoms with Crippen LogP contribution in [-0.4, -0.2) is 5.33 Å². The Bertz CT molecular complexity index is 822. The molecule has 0 saturated heterocycles. The highest BCUT2D eigenvalue weighted by atomic mass is 79.9. The van der Waals surface area contributed by atoms with Gasteiger partial charge in [-0.25, -0.2) is 0 Å². The van der Waals surface area contributed by atoms with Crippen molar-refractivity contribution in [1.82, 2.24) is 0 Å². The van der Waals surface area contributed by atoms with Gasteiger partial charge in [-0.15, -0.1) is 0 Å². The monoisotopic (exact) mass is 366 g/mol. The van der Waals surface area contributed by atoms with Gasteiger partial charge in [0.15, 0.2) is 0 Å². The smallest absolute Gasteiger partial charge is 0.166 e. The summed E-state index contributed by atoms with van der Waals surface area (Å²) in [5.41, 5.74) is 0.411. The predicted molar refractivity (Wildman–Crippen MR) is 88.6 cm³/mol. The first-order valence-electron chi connectivity index (χ1n) is 7.08. The summed E-state index contributed by atoms with van der Waals surface area (Å²) in [6.45, 7) is 0. The molecule has 0 aliphatic rings. The lowest BCUT2D eigenvalue weighted by Crippen LogP contribution is -2.04. The standard InChI is InChI=1S/C18H14BrF3/c19-9-3-6-16-15-5-2-1-4-12(15)10-13-7-8-14(11-17(13)16)18(20,21)22/h1-2,4-5,7-8,10-11H,3,6,9H2. The van der Waals surface area contributed by atoms with Gasteiger partial charge < -0.3 is 0 Å². The van der Waals surface area contributed by atoms with Crippen LogP contribution in [0.2, 0.25) is 0 Å². The molecule has 22 heavy (non-hydrogen) atoms. The van der Waals surface area contributed by atoms with Crippen LogP contribution < -0.4 is 0 Å². The maximum absolute atomic E-state index is 13.0. The fourth-order valence-corrected chi connectivity index (χ4v) is 3.12. The Morgan fingerprint density at radius 1 is 0.864 bits per heavy atom. The summed E-state index contributed by atoms with van der Waals surface area (Å²) in [7, 11) is 0. The highest BCUT2D eigenvalue weighted by Gasteiger charge is 2.30. The van der Waals surface area contributed by atoms with Crippen LogP contribution in [0.5, 0.6) is 0 Å². The number of fused-ring (bicyclic) bond motifs is 2. The number of rotatable bonds is 3. The minimum atomic E-state index is -4.31. The second kappa shape index (κ2) is 5.92. The molecule has 0 heterocycles. The molecule has 0 spiro atoms. The molecule has 0 bridgehead atoms. The van der Waals surface area contributed by atoms with Crippen molar-refractivity contribution < 1.29 is 13.2 Å². The molecule has 0 aliphatic carbocycles. The van der Waals surface area contributed by atoms with E-state index in [1.54, 1.807) is 6.07 Å². The van der Waals surface area contributed by atoms with Gasteiger partial charge in [0.1, 0.15) is 0 Å². The molecule has 0 atom stereocenters. The Morgan fingerprint density at radius 2 is 1.59 bits per heavy atom. The first-order chi connectivity index (χ1) is 10.5. The average molecular weight is 367 g/mol. The zero-order chi connectivity index (χ0) is 15.7. The van der Waals surface area contributed by atoms with Crippen molar-refractivity contribution in [3.8, 4) is 0 Å². The molecule has 0 aliphatic heterocycles. The first-order valence-corrected chi connectivity index (χ1v) is 8.20. The third kappa shape index (κ3) is 2.84. The number of hydrogen-bond donors (Lipinski definition) is 0. The first kappa shape index (κ1) is 15.3. The van der Waals surface area contributed by atoms with E-state index < -0.39 is 11.7 Å². The Morgan fingerprint density at radius 3 is 2.32 bits per heavy atom. The highest BCUT2D eigenvalue weighted by molar-refractivity contribution is 9.09. The third-order valence-corrected chi connectivity index (χ3v) is 4.42. The fourth-order valence-electron chi connectivity index (χ4n) is 2.84. The maximum Gasteiger partial charge on any atom is 0.416 e. The van der Waals surface area contributed by atoms with E-state index in [1.807, 2.05) is 30.3 Å². The van der Waals surface area contributed by atoms with Crippen molar-refractivity contribution >= 4 is 37.5 Å². The molecule has 3 rings (SSSR count). The van der Waals surface area contributed by atoms with Gasteiger partial charge in [0.05, 0.1) is 5.56 Å². The summed E-state index contributed by atoms with van der Waals surface area (Å²) in [4.78, 5) is 0. The number of aryl methyl sites for hydroxylation is 1. The van der Waals surface area contributed by atoms with Crippen molar-refractivity contribution in [3.63, 3.8) is 0 Å². The molecule has 0 radical (unpaired) electrons. The molecular formula is C18H14BrF3. The van der Waals surface area contributed by atoms with E-state index in [9.17, 15) is 13.2 Å². The van der Waals surface area contributed by atoms with E-state index >= 15 is 0 Å². The topological polar surface area (TPSA) is 0 Å². The minimum Gasteiger partial charge on any atom is -0.166 e. The molecule has 4 heteroatoms. The fraction of sp³-hybridized carbons (Fsp3) is 0.222. The van der Waals surface area contributed by atoms with Crippen LogP contribution in [0.25, 0.3) is 21.5 Å². The number of alkyl halides is 4. The summed E-state index contributed by atoms with van der Waals surface area (Å²) in [5, 5.41) is 4.50. The van der Waals surface area contributed by atoms with Gasteiger partial charge in [0.25, 0.3) is 0 Å². The molecule has 0 N–H and O–H groups in total. The van der Waals surface area contributed by atoms with Gasteiger partial charge in [0, 0.05) is 5.33 Å². The Hall–Kier alpha value is -1.55. The molecule has 3 aromatic carbocycles. The molecule has 114 valence electrons. The molecule has 0 unspecified atom stereocenters. The van der Waals surface area contributed by atoms with Gasteiger partial charge in [-0.05, 0) is 58.1 Å². The SMILES string of the molecule is FC(F)(F)c1ccc2cc3ccccc3c(CCCBr)c2c1. The van der Waals surface area contributed by atoms with E-state index in [1.165, 1.54) is 6.07 Å². The Kier molecular flexibility index (Phi) is 4.13. The molecular weight excluding hydrogens is 353 g/mol. The van der Waals surface area contributed by atoms with Crippen LogP contribution in [0.4, 0.5) is 13.2 Å². The summed E-state index contributed by atoms with van der Waals surface area (Å²) in [6.07, 6.45) is -2.67. The number of hydrogen-bond acceptors (Lipinski definition) is 0. The van der Waals surface area contributed by atoms with E-state index in [0.717, 1.165) is 46.0 Å². The quantitative estimate of drug-likeness (QED) is 0.374. The van der Waals surface area contributed by atoms with Gasteiger partial charge in [-0.3, -0.25) is 0 Å². The largest absolute Gasteiger partial charge is 0.416 e. The van der Waals surface area contributed by atoms with Crippen LogP contribution >= 0.6 is 15.9 Å². The lowest BCUT2D eigenvalue weighted by atomic mass is 9.93. The lowest BCUT2D eigenvalue weighted by molar-refractivity contribution is -0.137. The molecule has 0 amide bonds.